The second kappa shape index (κ2) is 6.75. The number of aromatic nitrogens is 4. The Bertz CT molecular complexity index is 732. The first-order chi connectivity index (χ1) is 11.5. The van der Waals surface area contributed by atoms with Crippen molar-refractivity contribution in [2.24, 2.45) is 0 Å². The van der Waals surface area contributed by atoms with Crippen molar-refractivity contribution in [2.45, 2.75) is 25.7 Å². The van der Waals surface area contributed by atoms with E-state index in [9.17, 15) is 9.59 Å². The van der Waals surface area contributed by atoms with E-state index in [1.807, 2.05) is 30.3 Å². The highest BCUT2D eigenvalue weighted by molar-refractivity contribution is 5.78. The van der Waals surface area contributed by atoms with Crippen molar-refractivity contribution in [1.29, 1.82) is 0 Å². The largest absolute Gasteiger partial charge is 0.479 e. The molecule has 2 atom stereocenters. The van der Waals surface area contributed by atoms with Gasteiger partial charge in [0.15, 0.2) is 6.10 Å². The molecule has 2 heterocycles. The van der Waals surface area contributed by atoms with Gasteiger partial charge in [-0.1, -0.05) is 30.3 Å². The molecule has 24 heavy (non-hydrogen) atoms. The lowest BCUT2D eigenvalue weighted by atomic mass is 10.2. The Morgan fingerprint density at radius 2 is 2.04 bits per heavy atom. The molecule has 1 fully saturated rings. The van der Waals surface area contributed by atoms with Gasteiger partial charge in [0.05, 0.1) is 12.6 Å². The molecule has 9 nitrogen and oxygen atoms in total. The van der Waals surface area contributed by atoms with Gasteiger partial charge in [-0.25, -0.2) is 4.79 Å². The number of aliphatic carboxylic acids is 1. The van der Waals surface area contributed by atoms with E-state index in [4.69, 9.17) is 9.84 Å². The van der Waals surface area contributed by atoms with Crippen LogP contribution >= 0.6 is 0 Å². The monoisotopic (exact) mass is 331 g/mol. The second-order valence-electron chi connectivity index (χ2n) is 5.58. The lowest BCUT2D eigenvalue weighted by Gasteiger charge is -2.34. The van der Waals surface area contributed by atoms with Gasteiger partial charge in [-0.2, -0.15) is 4.80 Å². The van der Waals surface area contributed by atoms with Gasteiger partial charge in [0.2, 0.25) is 11.7 Å². The number of benzene rings is 1. The number of carboxylic acid groups (broad SMARTS) is 1. The number of rotatable bonds is 4. The zero-order valence-electron chi connectivity index (χ0n) is 13.1. The van der Waals surface area contributed by atoms with Crippen LogP contribution in [0.2, 0.25) is 0 Å². The van der Waals surface area contributed by atoms with Crippen molar-refractivity contribution in [1.82, 2.24) is 25.1 Å². The summed E-state index contributed by atoms with van der Waals surface area (Å²) in [6.45, 7) is 1.98. The Kier molecular flexibility index (Phi) is 4.52. The SMILES string of the molecule is C[C@@H]1CN(C(=O)Cn2nnc(-c3ccccc3)n2)CC(C(=O)O)O1. The van der Waals surface area contributed by atoms with Gasteiger partial charge in [-0.15, -0.1) is 10.2 Å². The van der Waals surface area contributed by atoms with E-state index in [2.05, 4.69) is 15.4 Å². The molecule has 0 saturated carbocycles. The highest BCUT2D eigenvalue weighted by Gasteiger charge is 2.32. The number of nitrogens with zero attached hydrogens (tertiary/aromatic N) is 5. The molecule has 1 unspecified atom stereocenters. The van der Waals surface area contributed by atoms with Gasteiger partial charge in [0.25, 0.3) is 0 Å². The number of carbonyl (C=O) groups is 2. The lowest BCUT2D eigenvalue weighted by molar-refractivity contribution is -0.166. The van der Waals surface area contributed by atoms with Crippen molar-refractivity contribution >= 4 is 11.9 Å². The summed E-state index contributed by atoms with van der Waals surface area (Å²) in [7, 11) is 0. The average molecular weight is 331 g/mol. The fourth-order valence-corrected chi connectivity index (χ4v) is 2.53. The summed E-state index contributed by atoms with van der Waals surface area (Å²) < 4.78 is 5.30. The molecule has 9 heteroatoms. The number of morpholine rings is 1. The predicted octanol–water partition coefficient (Wildman–Crippen LogP) is 0.0406. The zero-order valence-corrected chi connectivity index (χ0v) is 13.1. The number of carbonyl (C=O) groups excluding carboxylic acids is 1. The number of ether oxygens (including phenoxy) is 1. The summed E-state index contributed by atoms with van der Waals surface area (Å²) in [6, 6.07) is 9.31. The number of carboxylic acids is 1. The summed E-state index contributed by atoms with van der Waals surface area (Å²) in [6.07, 6.45) is -1.35. The van der Waals surface area contributed by atoms with Crippen LogP contribution in [0.15, 0.2) is 30.3 Å². The predicted molar refractivity (Wildman–Crippen MR) is 81.8 cm³/mol. The molecule has 1 aromatic carbocycles. The third-order valence-electron chi connectivity index (χ3n) is 3.65. The zero-order chi connectivity index (χ0) is 17.1. The topological polar surface area (TPSA) is 110 Å². The maximum atomic E-state index is 12.4. The molecule has 1 aromatic heterocycles. The standard InChI is InChI=1S/C15H17N5O4/c1-10-7-19(8-12(24-10)15(22)23)13(21)9-20-17-14(16-18-20)11-5-3-2-4-6-11/h2-6,10,12H,7-9H2,1H3,(H,22,23)/t10-,12?/m1/s1. The molecule has 1 aliphatic heterocycles. The van der Waals surface area contributed by atoms with Crippen LogP contribution in [-0.4, -0.2) is 67.4 Å². The molecule has 3 rings (SSSR count). The average Bonchev–Trinajstić information content (AvgIpc) is 3.03. The van der Waals surface area contributed by atoms with Crippen LogP contribution in [0.3, 0.4) is 0 Å². The molecule has 1 N–H and O–H groups in total. The fourth-order valence-electron chi connectivity index (χ4n) is 2.53. The first-order valence-electron chi connectivity index (χ1n) is 7.52. The molecule has 2 aromatic rings. The Hall–Kier alpha value is -2.81. The molecular formula is C15H17N5O4. The highest BCUT2D eigenvalue weighted by atomic mass is 16.5. The van der Waals surface area contributed by atoms with E-state index in [1.165, 1.54) is 9.70 Å². The Morgan fingerprint density at radius 1 is 1.29 bits per heavy atom. The summed E-state index contributed by atoms with van der Waals surface area (Å²) in [4.78, 5) is 26.1. The smallest absolute Gasteiger partial charge is 0.334 e. The molecule has 0 spiro atoms. The molecule has 1 aliphatic rings. The number of hydrogen-bond donors (Lipinski definition) is 1. The summed E-state index contributed by atoms with van der Waals surface area (Å²) in [5, 5.41) is 21.1. The summed E-state index contributed by atoms with van der Waals surface area (Å²) in [5.74, 6) is -0.917. The van der Waals surface area contributed by atoms with Crippen LogP contribution in [0.1, 0.15) is 6.92 Å². The molecule has 126 valence electrons. The fraction of sp³-hybridized carbons (Fsp3) is 0.400. The van der Waals surface area contributed by atoms with Crippen LogP contribution in [0.4, 0.5) is 0 Å². The van der Waals surface area contributed by atoms with Crippen LogP contribution in [-0.2, 0) is 20.9 Å². The first-order valence-corrected chi connectivity index (χ1v) is 7.52. The van der Waals surface area contributed by atoms with E-state index < -0.39 is 12.1 Å². The normalized spacial score (nSPS) is 20.8. The summed E-state index contributed by atoms with van der Waals surface area (Å²) in [5.41, 5.74) is 0.808. The summed E-state index contributed by atoms with van der Waals surface area (Å²) >= 11 is 0. The van der Waals surface area contributed by atoms with Crippen molar-refractivity contribution < 1.29 is 19.4 Å². The third kappa shape index (κ3) is 3.57. The van der Waals surface area contributed by atoms with Gasteiger partial charge >= 0.3 is 5.97 Å². The molecule has 0 bridgehead atoms. The van der Waals surface area contributed by atoms with Crippen molar-refractivity contribution in [3.8, 4) is 11.4 Å². The maximum absolute atomic E-state index is 12.4. The first kappa shape index (κ1) is 16.1. The van der Waals surface area contributed by atoms with Gasteiger partial charge in [0.1, 0.15) is 6.54 Å². The number of hydrogen-bond acceptors (Lipinski definition) is 6. The number of amides is 1. The van der Waals surface area contributed by atoms with Crippen molar-refractivity contribution in [3.05, 3.63) is 30.3 Å². The minimum absolute atomic E-state index is 0.0126. The van der Waals surface area contributed by atoms with Crippen LogP contribution < -0.4 is 0 Å². The minimum Gasteiger partial charge on any atom is -0.479 e. The lowest BCUT2D eigenvalue weighted by Crippen LogP contribution is -2.52. The van der Waals surface area contributed by atoms with Crippen LogP contribution in [0.5, 0.6) is 0 Å². The Morgan fingerprint density at radius 3 is 2.75 bits per heavy atom. The van der Waals surface area contributed by atoms with Gasteiger partial charge < -0.3 is 14.7 Å². The van der Waals surface area contributed by atoms with Crippen molar-refractivity contribution in [2.75, 3.05) is 13.1 Å². The van der Waals surface area contributed by atoms with E-state index in [1.54, 1.807) is 6.92 Å². The Balaban J connectivity index is 1.67. The van der Waals surface area contributed by atoms with Gasteiger partial charge in [0, 0.05) is 12.1 Å². The van der Waals surface area contributed by atoms with Crippen molar-refractivity contribution in [3.63, 3.8) is 0 Å². The quantitative estimate of drug-likeness (QED) is 0.842. The van der Waals surface area contributed by atoms with E-state index in [-0.39, 0.29) is 25.1 Å². The molecular weight excluding hydrogens is 314 g/mol. The molecule has 1 amide bonds. The highest BCUT2D eigenvalue weighted by Crippen LogP contribution is 2.13. The maximum Gasteiger partial charge on any atom is 0.334 e. The minimum atomic E-state index is -1.08. The molecule has 0 aliphatic carbocycles. The van der Waals surface area contributed by atoms with E-state index in [0.29, 0.717) is 12.4 Å². The van der Waals surface area contributed by atoms with E-state index >= 15 is 0 Å². The number of tetrazole rings is 1. The van der Waals surface area contributed by atoms with Crippen LogP contribution in [0.25, 0.3) is 11.4 Å². The Labute approximate surface area is 137 Å². The third-order valence-corrected chi connectivity index (χ3v) is 3.65. The van der Waals surface area contributed by atoms with E-state index in [0.717, 1.165) is 5.56 Å². The van der Waals surface area contributed by atoms with Crippen LogP contribution in [0, 0.1) is 0 Å². The van der Waals surface area contributed by atoms with Gasteiger partial charge in [-0.05, 0) is 12.1 Å². The second-order valence-corrected chi connectivity index (χ2v) is 5.58. The molecule has 0 radical (unpaired) electrons. The molecule has 1 saturated heterocycles. The van der Waals surface area contributed by atoms with Gasteiger partial charge in [-0.3, -0.25) is 4.79 Å².